The second-order valence-corrected chi connectivity index (χ2v) is 7.95. The molecule has 1 amide bonds. The van der Waals surface area contributed by atoms with Gasteiger partial charge in [0.15, 0.2) is 11.6 Å². The molecule has 5 aromatic rings. The summed E-state index contributed by atoms with van der Waals surface area (Å²) in [5, 5.41) is 14.0. The Labute approximate surface area is 210 Å². The van der Waals surface area contributed by atoms with Gasteiger partial charge in [0, 0.05) is 41.8 Å². The molecule has 4 heterocycles. The quantitative estimate of drug-likeness (QED) is 0.325. The normalized spacial score (nSPS) is 10.8. The molecule has 0 unspecified atom stereocenters. The van der Waals surface area contributed by atoms with Gasteiger partial charge in [-0.2, -0.15) is 0 Å². The van der Waals surface area contributed by atoms with Crippen LogP contribution in [0.15, 0.2) is 73.3 Å². The lowest BCUT2D eigenvalue weighted by Crippen LogP contribution is -2.15. The number of methoxy groups -OCH3 is 1. The van der Waals surface area contributed by atoms with Crippen molar-refractivity contribution in [1.29, 1.82) is 0 Å². The molecule has 0 aliphatic carbocycles. The Morgan fingerprint density at radius 3 is 2.59 bits per heavy atom. The summed E-state index contributed by atoms with van der Waals surface area (Å²) in [4.78, 5) is 29.8. The number of aryl methyl sites for hydroxylation is 1. The van der Waals surface area contributed by atoms with Gasteiger partial charge in [0.05, 0.1) is 35.8 Å². The molecule has 0 bridgehead atoms. The van der Waals surface area contributed by atoms with Crippen molar-refractivity contribution >= 4 is 22.5 Å². The fraction of sp³-hybridized carbons (Fsp3) is 0.0741. The second kappa shape index (κ2) is 9.86. The average molecular weight is 497 g/mol. The van der Waals surface area contributed by atoms with Gasteiger partial charge in [-0.15, -0.1) is 0 Å². The van der Waals surface area contributed by atoms with Gasteiger partial charge >= 0.3 is 0 Å². The molecule has 2 N–H and O–H groups in total. The van der Waals surface area contributed by atoms with Crippen molar-refractivity contribution < 1.29 is 23.8 Å². The van der Waals surface area contributed by atoms with E-state index >= 15 is 0 Å². The zero-order chi connectivity index (χ0) is 25.9. The van der Waals surface area contributed by atoms with E-state index in [1.54, 1.807) is 43.5 Å². The first-order valence-corrected chi connectivity index (χ1v) is 11.1. The van der Waals surface area contributed by atoms with Crippen LogP contribution in [0.3, 0.4) is 0 Å². The zero-order valence-corrected chi connectivity index (χ0v) is 19.8. The predicted molar refractivity (Wildman–Crippen MR) is 134 cm³/mol. The molecule has 10 heteroatoms. The van der Waals surface area contributed by atoms with Gasteiger partial charge in [0.2, 0.25) is 5.88 Å². The number of nitrogens with zero attached hydrogens (tertiary/aromatic N) is 4. The Morgan fingerprint density at radius 1 is 0.973 bits per heavy atom. The lowest BCUT2D eigenvalue weighted by molar-refractivity contribution is 0.102. The van der Waals surface area contributed by atoms with Crippen LogP contribution < -0.4 is 14.8 Å². The van der Waals surface area contributed by atoms with Gasteiger partial charge in [-0.25, -0.2) is 9.37 Å². The van der Waals surface area contributed by atoms with Gasteiger partial charge < -0.3 is 19.9 Å². The first-order chi connectivity index (χ1) is 17.9. The molecule has 184 valence electrons. The number of hydrogen-bond acceptors (Lipinski definition) is 8. The Morgan fingerprint density at radius 2 is 1.84 bits per heavy atom. The third kappa shape index (κ3) is 4.72. The smallest absolute Gasteiger partial charge is 0.261 e. The summed E-state index contributed by atoms with van der Waals surface area (Å²) in [6.45, 7) is 1.60. The van der Waals surface area contributed by atoms with Crippen LogP contribution >= 0.6 is 0 Å². The van der Waals surface area contributed by atoms with Gasteiger partial charge in [-0.1, -0.05) is 6.07 Å². The predicted octanol–water partition coefficient (Wildman–Crippen LogP) is 5.29. The number of fused-ring (bicyclic) bond motifs is 1. The number of nitrogens with one attached hydrogen (secondary N) is 1. The molecule has 37 heavy (non-hydrogen) atoms. The van der Waals surface area contributed by atoms with Crippen LogP contribution in [-0.4, -0.2) is 38.1 Å². The number of carbonyl (C=O) groups excluding carboxylic acids is 1. The number of rotatable bonds is 6. The SMILES string of the molecule is COc1cc2c(Oc3ccc(NC(=O)c4c(C)ncc(-c5ccccn5)c4O)cc3F)ccnc2cn1. The third-order valence-corrected chi connectivity index (χ3v) is 5.59. The van der Waals surface area contributed by atoms with Crippen molar-refractivity contribution in [3.63, 3.8) is 0 Å². The van der Waals surface area contributed by atoms with Gasteiger partial charge in [-0.05, 0) is 37.3 Å². The van der Waals surface area contributed by atoms with E-state index in [1.165, 1.54) is 37.8 Å². The molecular formula is C27H20FN5O4. The van der Waals surface area contributed by atoms with Crippen LogP contribution in [0.5, 0.6) is 23.1 Å². The van der Waals surface area contributed by atoms with Crippen LogP contribution in [0.25, 0.3) is 22.2 Å². The summed E-state index contributed by atoms with van der Waals surface area (Å²) >= 11 is 0. The largest absolute Gasteiger partial charge is 0.506 e. The van der Waals surface area contributed by atoms with Gasteiger partial charge in [-0.3, -0.25) is 19.7 Å². The van der Waals surface area contributed by atoms with E-state index in [4.69, 9.17) is 9.47 Å². The Kier molecular flexibility index (Phi) is 6.29. The van der Waals surface area contributed by atoms with Crippen LogP contribution in [-0.2, 0) is 0 Å². The van der Waals surface area contributed by atoms with E-state index < -0.39 is 11.7 Å². The number of halogens is 1. The number of aromatic hydroxyl groups is 1. The van der Waals surface area contributed by atoms with Gasteiger partial charge in [0.1, 0.15) is 17.1 Å². The van der Waals surface area contributed by atoms with E-state index in [1.807, 2.05) is 0 Å². The minimum absolute atomic E-state index is 0.0327. The van der Waals surface area contributed by atoms with Crippen LogP contribution in [0, 0.1) is 12.7 Å². The highest BCUT2D eigenvalue weighted by atomic mass is 19.1. The summed E-state index contributed by atoms with van der Waals surface area (Å²) in [6.07, 6.45) is 6.08. The number of pyridine rings is 4. The first-order valence-electron chi connectivity index (χ1n) is 11.1. The molecule has 4 aromatic heterocycles. The number of hydrogen-bond donors (Lipinski definition) is 2. The van der Waals surface area contributed by atoms with E-state index in [-0.39, 0.29) is 22.7 Å². The molecule has 1 aromatic carbocycles. The summed E-state index contributed by atoms with van der Waals surface area (Å²) < 4.78 is 25.9. The molecule has 0 radical (unpaired) electrons. The third-order valence-electron chi connectivity index (χ3n) is 5.59. The molecule has 0 saturated heterocycles. The molecule has 0 aliphatic heterocycles. The lowest BCUT2D eigenvalue weighted by atomic mass is 10.1. The molecule has 0 spiro atoms. The number of anilines is 1. The van der Waals surface area contributed by atoms with Crippen molar-refractivity contribution in [2.45, 2.75) is 6.92 Å². The van der Waals surface area contributed by atoms with Crippen molar-refractivity contribution in [3.05, 3.63) is 90.4 Å². The average Bonchev–Trinajstić information content (AvgIpc) is 2.90. The summed E-state index contributed by atoms with van der Waals surface area (Å²) in [5.41, 5.74) is 1.77. The molecule has 0 aliphatic rings. The maximum atomic E-state index is 15.0. The standard InChI is InChI=1S/C27H20FN5O4/c1-15-25(26(34)18(13-31-15)20-5-3-4-9-29-20)27(35)33-16-6-7-23(19(28)11-16)37-22-8-10-30-21-14-32-24(36-2)12-17(21)22/h3-14H,1-2H3,(H,31,34)(H,33,35). The number of carbonyl (C=O) groups is 1. The molecule has 5 rings (SSSR count). The van der Waals surface area contributed by atoms with Crippen molar-refractivity contribution in [2.24, 2.45) is 0 Å². The minimum Gasteiger partial charge on any atom is -0.506 e. The maximum Gasteiger partial charge on any atom is 0.261 e. The fourth-order valence-corrected chi connectivity index (χ4v) is 3.75. The van der Waals surface area contributed by atoms with Crippen molar-refractivity contribution in [2.75, 3.05) is 12.4 Å². The summed E-state index contributed by atoms with van der Waals surface area (Å²) in [7, 11) is 1.49. The van der Waals surface area contributed by atoms with Crippen molar-refractivity contribution in [1.82, 2.24) is 19.9 Å². The number of ether oxygens (including phenoxy) is 2. The molecule has 0 atom stereocenters. The molecule has 9 nitrogen and oxygen atoms in total. The highest BCUT2D eigenvalue weighted by Crippen LogP contribution is 2.34. The number of aromatic nitrogens is 4. The van der Waals surface area contributed by atoms with Crippen LogP contribution in [0.4, 0.5) is 10.1 Å². The van der Waals surface area contributed by atoms with Crippen LogP contribution in [0.2, 0.25) is 0 Å². The van der Waals surface area contributed by atoms with Crippen molar-refractivity contribution in [3.8, 4) is 34.4 Å². The molecule has 0 saturated carbocycles. The summed E-state index contributed by atoms with van der Waals surface area (Å²) in [5.74, 6) is -0.945. The van der Waals surface area contributed by atoms with Crippen LogP contribution in [0.1, 0.15) is 16.1 Å². The number of amides is 1. The Hall–Kier alpha value is -5.12. The monoisotopic (exact) mass is 497 g/mol. The van der Waals surface area contributed by atoms with E-state index in [2.05, 4.69) is 25.3 Å². The first kappa shape index (κ1) is 23.6. The molecular weight excluding hydrogens is 477 g/mol. The maximum absolute atomic E-state index is 15.0. The Balaban J connectivity index is 1.40. The topological polar surface area (TPSA) is 119 Å². The highest BCUT2D eigenvalue weighted by molar-refractivity contribution is 6.08. The highest BCUT2D eigenvalue weighted by Gasteiger charge is 2.21. The Bertz CT molecular complexity index is 1630. The van der Waals surface area contributed by atoms with E-state index in [0.717, 1.165) is 6.07 Å². The minimum atomic E-state index is -0.704. The van der Waals surface area contributed by atoms with E-state index in [0.29, 0.717) is 39.5 Å². The second-order valence-electron chi connectivity index (χ2n) is 7.95. The number of benzene rings is 1. The van der Waals surface area contributed by atoms with E-state index in [9.17, 15) is 14.3 Å². The summed E-state index contributed by atoms with van der Waals surface area (Å²) in [6, 6.07) is 12.5. The zero-order valence-electron chi connectivity index (χ0n) is 19.8. The van der Waals surface area contributed by atoms with Gasteiger partial charge in [0.25, 0.3) is 5.91 Å². The lowest BCUT2D eigenvalue weighted by Gasteiger charge is -2.13. The fourth-order valence-electron chi connectivity index (χ4n) is 3.75. The molecule has 0 fully saturated rings.